The van der Waals surface area contributed by atoms with E-state index in [1.807, 2.05) is 6.92 Å². The molecule has 4 heteroatoms. The van der Waals surface area contributed by atoms with Gasteiger partial charge in [-0.25, -0.2) is 4.79 Å². The van der Waals surface area contributed by atoms with Crippen LogP contribution in [0.2, 0.25) is 0 Å². The average Bonchev–Trinajstić information content (AvgIpc) is 2.04. The van der Waals surface area contributed by atoms with E-state index in [1.165, 1.54) is 4.90 Å². The molecule has 0 radical (unpaired) electrons. The second-order valence-corrected chi connectivity index (χ2v) is 2.31. The van der Waals surface area contributed by atoms with Crippen LogP contribution in [-0.2, 0) is 9.53 Å². The normalized spacial score (nSPS) is 9.17. The summed E-state index contributed by atoms with van der Waals surface area (Å²) in [5.74, 6) is 0. The van der Waals surface area contributed by atoms with Crippen LogP contribution in [-0.4, -0.2) is 37.0 Å². The molecule has 0 aliphatic carbocycles. The van der Waals surface area contributed by atoms with Gasteiger partial charge in [0.2, 0.25) is 0 Å². The number of rotatable bonds is 5. The van der Waals surface area contributed by atoms with Gasteiger partial charge in [-0.3, -0.25) is 0 Å². The Kier molecular flexibility index (Phi) is 6.05. The van der Waals surface area contributed by atoms with Gasteiger partial charge < -0.3 is 14.4 Å². The minimum absolute atomic E-state index is 0.118. The van der Waals surface area contributed by atoms with E-state index < -0.39 is 6.09 Å². The van der Waals surface area contributed by atoms with Gasteiger partial charge in [0.1, 0.15) is 6.29 Å². The summed E-state index contributed by atoms with van der Waals surface area (Å²) >= 11 is 0. The van der Waals surface area contributed by atoms with Crippen molar-refractivity contribution >= 4 is 12.4 Å². The lowest BCUT2D eigenvalue weighted by Crippen LogP contribution is -2.33. The molecule has 0 aromatic heterocycles. The molecule has 0 bridgehead atoms. The maximum absolute atomic E-state index is 11.1. The molecule has 0 N–H and O–H groups in total. The molecule has 0 aliphatic rings. The first-order valence-corrected chi connectivity index (χ1v) is 4.11. The number of carbonyl (C=O) groups is 2. The minimum Gasteiger partial charge on any atom is -0.450 e. The number of nitrogens with zero attached hydrogens (tertiary/aromatic N) is 1. The Hall–Kier alpha value is -1.06. The largest absolute Gasteiger partial charge is 0.450 e. The molecule has 0 aromatic carbocycles. The maximum Gasteiger partial charge on any atom is 0.410 e. The maximum atomic E-state index is 11.1. The lowest BCUT2D eigenvalue weighted by atomic mass is 10.4. The van der Waals surface area contributed by atoms with Crippen LogP contribution in [0.25, 0.3) is 0 Å². The summed E-state index contributed by atoms with van der Waals surface area (Å²) < 4.78 is 4.74. The van der Waals surface area contributed by atoms with E-state index in [-0.39, 0.29) is 6.54 Å². The van der Waals surface area contributed by atoms with Crippen LogP contribution in [0.5, 0.6) is 0 Å². The van der Waals surface area contributed by atoms with E-state index in [2.05, 4.69) is 0 Å². The number of aldehydes is 1. The van der Waals surface area contributed by atoms with Crippen molar-refractivity contribution in [1.29, 1.82) is 0 Å². The van der Waals surface area contributed by atoms with Crippen molar-refractivity contribution < 1.29 is 14.3 Å². The molecular weight excluding hydrogens is 158 g/mol. The lowest BCUT2D eigenvalue weighted by molar-refractivity contribution is -0.108. The third-order valence-electron chi connectivity index (χ3n) is 1.31. The number of ether oxygens (including phenoxy) is 1. The van der Waals surface area contributed by atoms with Crippen LogP contribution in [0.4, 0.5) is 4.79 Å². The monoisotopic (exact) mass is 173 g/mol. The summed E-state index contributed by atoms with van der Waals surface area (Å²) in [6.07, 6.45) is 1.12. The zero-order chi connectivity index (χ0) is 9.40. The van der Waals surface area contributed by atoms with Crippen LogP contribution in [0.15, 0.2) is 0 Å². The molecule has 0 fully saturated rings. The van der Waals surface area contributed by atoms with Gasteiger partial charge in [-0.2, -0.15) is 0 Å². The van der Waals surface area contributed by atoms with E-state index in [9.17, 15) is 9.59 Å². The van der Waals surface area contributed by atoms with Gasteiger partial charge in [-0.15, -0.1) is 0 Å². The Morgan fingerprint density at radius 2 is 2.17 bits per heavy atom. The van der Waals surface area contributed by atoms with Gasteiger partial charge in [-0.1, -0.05) is 6.92 Å². The number of amides is 1. The summed E-state index contributed by atoms with van der Waals surface area (Å²) in [7, 11) is 0. The van der Waals surface area contributed by atoms with E-state index >= 15 is 0 Å². The average molecular weight is 173 g/mol. The smallest absolute Gasteiger partial charge is 0.410 e. The van der Waals surface area contributed by atoms with Crippen molar-refractivity contribution in [2.45, 2.75) is 20.3 Å². The topological polar surface area (TPSA) is 46.6 Å². The number of hydrogen-bond acceptors (Lipinski definition) is 3. The Bertz CT molecular complexity index is 147. The molecule has 0 rings (SSSR count). The molecule has 0 atom stereocenters. The summed E-state index contributed by atoms with van der Waals surface area (Å²) in [6, 6.07) is 0. The molecule has 0 spiro atoms. The molecular formula is C8H15NO3. The van der Waals surface area contributed by atoms with Crippen molar-refractivity contribution in [1.82, 2.24) is 4.90 Å². The molecule has 0 heterocycles. The zero-order valence-electron chi connectivity index (χ0n) is 7.58. The summed E-state index contributed by atoms with van der Waals surface area (Å²) in [5, 5.41) is 0. The Morgan fingerprint density at radius 1 is 1.50 bits per heavy atom. The highest BCUT2D eigenvalue weighted by molar-refractivity contribution is 5.71. The quantitative estimate of drug-likeness (QED) is 0.584. The highest BCUT2D eigenvalue weighted by atomic mass is 16.6. The predicted octanol–water partition coefficient (Wildman–Crippen LogP) is 1.05. The van der Waals surface area contributed by atoms with E-state index in [0.29, 0.717) is 19.4 Å². The fraction of sp³-hybridized carbons (Fsp3) is 0.750. The van der Waals surface area contributed by atoms with Crippen LogP contribution >= 0.6 is 0 Å². The summed E-state index contributed by atoms with van der Waals surface area (Å²) in [5.41, 5.74) is 0. The molecule has 0 saturated carbocycles. The molecule has 0 aromatic rings. The third-order valence-corrected chi connectivity index (χ3v) is 1.31. The third kappa shape index (κ3) is 3.95. The van der Waals surface area contributed by atoms with Crippen molar-refractivity contribution in [2.24, 2.45) is 0 Å². The first kappa shape index (κ1) is 10.9. The molecule has 70 valence electrons. The Balaban J connectivity index is 3.89. The standard InChI is InChI=1S/C8H15NO3/c1-3-5-9(6-7-10)8(11)12-4-2/h7H,3-6H2,1-2H3. The molecule has 1 amide bonds. The Morgan fingerprint density at radius 3 is 2.58 bits per heavy atom. The molecule has 4 nitrogen and oxygen atoms in total. The van der Waals surface area contributed by atoms with Gasteiger partial charge in [-0.05, 0) is 13.3 Å². The van der Waals surface area contributed by atoms with Crippen LogP contribution < -0.4 is 0 Å². The minimum atomic E-state index is -0.411. The van der Waals surface area contributed by atoms with E-state index in [1.54, 1.807) is 6.92 Å². The zero-order valence-corrected chi connectivity index (χ0v) is 7.58. The van der Waals surface area contributed by atoms with Crippen LogP contribution in [0.3, 0.4) is 0 Å². The lowest BCUT2D eigenvalue weighted by Gasteiger charge is -2.17. The number of carbonyl (C=O) groups excluding carboxylic acids is 2. The van der Waals surface area contributed by atoms with Crippen molar-refractivity contribution in [3.8, 4) is 0 Å². The van der Waals surface area contributed by atoms with Crippen LogP contribution in [0.1, 0.15) is 20.3 Å². The van der Waals surface area contributed by atoms with E-state index in [0.717, 1.165) is 6.42 Å². The molecule has 12 heavy (non-hydrogen) atoms. The Labute approximate surface area is 72.5 Å². The fourth-order valence-corrected chi connectivity index (χ4v) is 0.832. The predicted molar refractivity (Wildman–Crippen MR) is 45.0 cm³/mol. The number of hydrogen-bond donors (Lipinski definition) is 0. The molecule has 0 aliphatic heterocycles. The van der Waals surface area contributed by atoms with Crippen molar-refractivity contribution in [3.63, 3.8) is 0 Å². The van der Waals surface area contributed by atoms with Gasteiger partial charge in [0.25, 0.3) is 0 Å². The second-order valence-electron chi connectivity index (χ2n) is 2.31. The fourth-order valence-electron chi connectivity index (χ4n) is 0.832. The van der Waals surface area contributed by atoms with Crippen molar-refractivity contribution in [2.75, 3.05) is 19.7 Å². The second kappa shape index (κ2) is 6.64. The summed E-state index contributed by atoms with van der Waals surface area (Å²) in [6.45, 7) is 4.71. The molecule has 0 unspecified atom stereocenters. The first-order chi connectivity index (χ1) is 5.76. The van der Waals surface area contributed by atoms with Crippen molar-refractivity contribution in [3.05, 3.63) is 0 Å². The first-order valence-electron chi connectivity index (χ1n) is 4.11. The van der Waals surface area contributed by atoms with E-state index in [4.69, 9.17) is 4.74 Å². The highest BCUT2D eigenvalue weighted by Crippen LogP contribution is 1.94. The van der Waals surface area contributed by atoms with Gasteiger partial charge >= 0.3 is 6.09 Å². The van der Waals surface area contributed by atoms with Crippen LogP contribution in [0, 0.1) is 0 Å². The van der Waals surface area contributed by atoms with Gasteiger partial charge in [0, 0.05) is 6.54 Å². The van der Waals surface area contributed by atoms with Gasteiger partial charge in [0.15, 0.2) is 0 Å². The van der Waals surface area contributed by atoms with Gasteiger partial charge in [0.05, 0.1) is 13.2 Å². The summed E-state index contributed by atoms with van der Waals surface area (Å²) in [4.78, 5) is 22.6. The highest BCUT2D eigenvalue weighted by Gasteiger charge is 2.11. The molecule has 0 saturated heterocycles. The SMILES string of the molecule is CCCN(CC=O)C(=O)OCC.